The Hall–Kier alpha value is -2.24. The van der Waals surface area contributed by atoms with Crippen LogP contribution in [0.4, 0.5) is 5.69 Å². The number of sulfonamides is 1. The fourth-order valence-electron chi connectivity index (χ4n) is 1.36. The van der Waals surface area contributed by atoms with Gasteiger partial charge in [0.25, 0.3) is 5.69 Å². The predicted octanol–water partition coefficient (Wildman–Crippen LogP) is -1.27. The number of nitrogens with two attached hydrogens (primary N) is 1. The van der Waals surface area contributed by atoms with Crippen molar-refractivity contribution < 1.29 is 28.0 Å². The van der Waals surface area contributed by atoms with Crippen LogP contribution in [-0.4, -0.2) is 44.1 Å². The lowest BCUT2D eigenvalue weighted by Crippen LogP contribution is -2.40. The first kappa shape index (κ1) is 16.8. The Kier molecular flexibility index (Phi) is 5.18. The lowest BCUT2D eigenvalue weighted by Gasteiger charge is -2.12. The highest BCUT2D eigenvalue weighted by atomic mass is 32.2. The first-order valence-electron chi connectivity index (χ1n) is 5.48. The molecule has 10 nitrogen and oxygen atoms in total. The lowest BCUT2D eigenvalue weighted by atomic mass is 10.3. The number of rotatable bonds is 7. The summed E-state index contributed by atoms with van der Waals surface area (Å²) in [7, 11) is -2.99. The number of methoxy groups -OCH3 is 1. The third-order valence-corrected chi connectivity index (χ3v) is 3.91. The van der Waals surface area contributed by atoms with Gasteiger partial charge in [-0.15, -0.1) is 0 Å². The zero-order valence-corrected chi connectivity index (χ0v) is 11.7. The molecule has 0 saturated heterocycles. The summed E-state index contributed by atoms with van der Waals surface area (Å²) in [6.07, 6.45) is -1.69. The number of benzene rings is 1. The Morgan fingerprint density at radius 1 is 1.57 bits per heavy atom. The predicted molar refractivity (Wildman–Crippen MR) is 70.0 cm³/mol. The number of nitro benzene ring substituents is 1. The van der Waals surface area contributed by atoms with Gasteiger partial charge in [-0.25, -0.2) is 13.1 Å². The molecule has 0 aliphatic heterocycles. The van der Waals surface area contributed by atoms with Crippen LogP contribution in [0, 0.1) is 10.1 Å². The molecule has 1 aromatic carbocycles. The van der Waals surface area contributed by atoms with Crippen molar-refractivity contribution in [3.8, 4) is 5.75 Å². The summed E-state index contributed by atoms with van der Waals surface area (Å²) in [6.45, 7) is -0.627. The van der Waals surface area contributed by atoms with E-state index in [1.165, 1.54) is 0 Å². The number of aliphatic hydroxyl groups excluding tert-OH is 1. The maximum absolute atomic E-state index is 12.0. The number of carbonyl (C=O) groups is 1. The minimum atomic E-state index is -4.14. The number of ether oxygens (including phenoxy) is 1. The van der Waals surface area contributed by atoms with Gasteiger partial charge in [0.1, 0.15) is 16.7 Å². The fourth-order valence-corrected chi connectivity index (χ4v) is 2.55. The average molecular weight is 319 g/mol. The summed E-state index contributed by atoms with van der Waals surface area (Å²) in [5.74, 6) is -1.33. The molecule has 116 valence electrons. The zero-order chi connectivity index (χ0) is 16.2. The van der Waals surface area contributed by atoms with E-state index in [-0.39, 0.29) is 16.3 Å². The molecule has 1 amide bonds. The molecule has 1 rings (SSSR count). The molecule has 0 spiro atoms. The highest BCUT2D eigenvalue weighted by molar-refractivity contribution is 7.89. The molecule has 0 aromatic heterocycles. The first-order chi connectivity index (χ1) is 9.69. The molecule has 0 heterocycles. The molecular formula is C10H13N3O7S. The molecule has 0 bridgehead atoms. The van der Waals surface area contributed by atoms with Gasteiger partial charge in [0, 0.05) is 12.6 Å². The van der Waals surface area contributed by atoms with E-state index in [1.54, 1.807) is 0 Å². The van der Waals surface area contributed by atoms with Gasteiger partial charge in [0.05, 0.1) is 18.1 Å². The monoisotopic (exact) mass is 319 g/mol. The smallest absolute Gasteiger partial charge is 0.273 e. The number of nitrogens with one attached hydrogen (secondary N) is 1. The van der Waals surface area contributed by atoms with Crippen LogP contribution in [-0.2, 0) is 14.8 Å². The summed E-state index contributed by atoms with van der Waals surface area (Å²) >= 11 is 0. The van der Waals surface area contributed by atoms with E-state index in [4.69, 9.17) is 15.6 Å². The number of nitrogens with zero attached hydrogens (tertiary/aromatic N) is 1. The SMILES string of the molecule is COc1cc([N+](=O)[O-])ccc1S(=O)(=O)NCC(O)C(N)=O. The highest BCUT2D eigenvalue weighted by Gasteiger charge is 2.23. The van der Waals surface area contributed by atoms with Crippen LogP contribution >= 0.6 is 0 Å². The summed E-state index contributed by atoms with van der Waals surface area (Å²) in [6, 6.07) is 2.91. The van der Waals surface area contributed by atoms with Crippen molar-refractivity contribution in [1.82, 2.24) is 4.72 Å². The van der Waals surface area contributed by atoms with Gasteiger partial charge in [-0.2, -0.15) is 0 Å². The van der Waals surface area contributed by atoms with E-state index in [1.807, 2.05) is 4.72 Å². The third kappa shape index (κ3) is 4.11. The minimum absolute atomic E-state index is 0.245. The topological polar surface area (TPSA) is 162 Å². The number of primary amides is 1. The molecule has 0 saturated carbocycles. The average Bonchev–Trinajstić information content (AvgIpc) is 2.43. The molecule has 0 aliphatic carbocycles. The Labute approximate surface area is 119 Å². The van der Waals surface area contributed by atoms with Crippen molar-refractivity contribution in [2.75, 3.05) is 13.7 Å². The van der Waals surface area contributed by atoms with Crippen LogP contribution in [0.1, 0.15) is 0 Å². The van der Waals surface area contributed by atoms with Crippen molar-refractivity contribution in [3.63, 3.8) is 0 Å². The van der Waals surface area contributed by atoms with Crippen LogP contribution in [0.25, 0.3) is 0 Å². The highest BCUT2D eigenvalue weighted by Crippen LogP contribution is 2.28. The number of hydrogen-bond donors (Lipinski definition) is 3. The lowest BCUT2D eigenvalue weighted by molar-refractivity contribution is -0.385. The minimum Gasteiger partial charge on any atom is -0.495 e. The van der Waals surface area contributed by atoms with Gasteiger partial charge < -0.3 is 15.6 Å². The van der Waals surface area contributed by atoms with Gasteiger partial charge >= 0.3 is 0 Å². The van der Waals surface area contributed by atoms with Crippen molar-refractivity contribution >= 4 is 21.6 Å². The Bertz CT molecular complexity index is 659. The third-order valence-electron chi connectivity index (χ3n) is 2.44. The van der Waals surface area contributed by atoms with E-state index in [9.17, 15) is 23.3 Å². The van der Waals surface area contributed by atoms with Gasteiger partial charge in [0.2, 0.25) is 15.9 Å². The van der Waals surface area contributed by atoms with Crippen LogP contribution in [0.5, 0.6) is 5.75 Å². The van der Waals surface area contributed by atoms with Crippen LogP contribution in [0.3, 0.4) is 0 Å². The molecule has 21 heavy (non-hydrogen) atoms. The van der Waals surface area contributed by atoms with Gasteiger partial charge in [-0.1, -0.05) is 0 Å². The molecule has 11 heteroatoms. The van der Waals surface area contributed by atoms with Crippen molar-refractivity contribution in [2.45, 2.75) is 11.0 Å². The number of aliphatic hydroxyl groups is 1. The van der Waals surface area contributed by atoms with Gasteiger partial charge in [-0.05, 0) is 6.07 Å². The van der Waals surface area contributed by atoms with Crippen LogP contribution in [0.2, 0.25) is 0 Å². The van der Waals surface area contributed by atoms with Crippen LogP contribution < -0.4 is 15.2 Å². The summed E-state index contributed by atoms with van der Waals surface area (Å²) in [5.41, 5.74) is 4.45. The van der Waals surface area contributed by atoms with E-state index in [0.717, 1.165) is 25.3 Å². The second kappa shape index (κ2) is 6.47. The Morgan fingerprint density at radius 3 is 2.67 bits per heavy atom. The molecule has 1 atom stereocenters. The van der Waals surface area contributed by atoms with E-state index >= 15 is 0 Å². The largest absolute Gasteiger partial charge is 0.495 e. The summed E-state index contributed by atoms with van der Waals surface area (Å²) in [5, 5.41) is 19.8. The second-order valence-electron chi connectivity index (χ2n) is 3.86. The fraction of sp³-hybridized carbons (Fsp3) is 0.300. The Morgan fingerprint density at radius 2 is 2.19 bits per heavy atom. The van der Waals surface area contributed by atoms with Crippen molar-refractivity contribution in [1.29, 1.82) is 0 Å². The zero-order valence-electron chi connectivity index (χ0n) is 10.8. The summed E-state index contributed by atoms with van der Waals surface area (Å²) < 4.78 is 30.7. The molecule has 0 fully saturated rings. The normalized spacial score (nSPS) is 12.7. The maximum Gasteiger partial charge on any atom is 0.273 e. The molecular weight excluding hydrogens is 306 g/mol. The number of carbonyl (C=O) groups excluding carboxylic acids is 1. The van der Waals surface area contributed by atoms with Gasteiger partial charge in [0.15, 0.2) is 0 Å². The molecule has 0 aliphatic rings. The molecule has 1 aromatic rings. The van der Waals surface area contributed by atoms with Crippen LogP contribution in [0.15, 0.2) is 23.1 Å². The molecule has 1 unspecified atom stereocenters. The van der Waals surface area contributed by atoms with E-state index in [0.29, 0.717) is 0 Å². The first-order valence-corrected chi connectivity index (χ1v) is 6.97. The number of amides is 1. The van der Waals surface area contributed by atoms with Crippen molar-refractivity contribution in [2.24, 2.45) is 5.73 Å². The van der Waals surface area contributed by atoms with Gasteiger partial charge in [-0.3, -0.25) is 14.9 Å². The quantitative estimate of drug-likeness (QED) is 0.416. The van der Waals surface area contributed by atoms with E-state index in [2.05, 4.69) is 0 Å². The number of nitro groups is 1. The Balaban J connectivity index is 3.08. The van der Waals surface area contributed by atoms with E-state index < -0.39 is 33.5 Å². The summed E-state index contributed by atoms with van der Waals surface area (Å²) in [4.78, 5) is 20.2. The number of hydrogen-bond acceptors (Lipinski definition) is 7. The maximum atomic E-state index is 12.0. The standard InChI is InChI=1S/C10H13N3O7S/c1-20-8-4-6(13(16)17)2-3-9(8)21(18,19)12-5-7(14)10(11)15/h2-4,7,12,14H,5H2,1H3,(H2,11,15). The molecule has 4 N–H and O–H groups in total. The molecule has 0 radical (unpaired) electrons. The second-order valence-corrected chi connectivity index (χ2v) is 5.60. The van der Waals surface area contributed by atoms with Crippen molar-refractivity contribution in [3.05, 3.63) is 28.3 Å². The number of non-ortho nitro benzene ring substituents is 1.